The Morgan fingerprint density at radius 1 is 1.00 bits per heavy atom. The van der Waals surface area contributed by atoms with E-state index in [1.807, 2.05) is 0 Å². The van der Waals surface area contributed by atoms with Crippen molar-refractivity contribution in [3.63, 3.8) is 0 Å². The predicted octanol–water partition coefficient (Wildman–Crippen LogP) is -0.0907. The van der Waals surface area contributed by atoms with Crippen LogP contribution in [0.5, 0.6) is 0 Å². The highest BCUT2D eigenvalue weighted by Gasteiger charge is 2.06. The second-order valence-corrected chi connectivity index (χ2v) is 8.95. The summed E-state index contributed by atoms with van der Waals surface area (Å²) in [6.45, 7) is 2.94. The number of aliphatic hydroxyl groups is 1. The minimum atomic E-state index is -3.43. The Bertz CT molecular complexity index is 838. The molecule has 0 aliphatic carbocycles. The van der Waals surface area contributed by atoms with Gasteiger partial charge in [-0.2, -0.15) is 18.4 Å². The summed E-state index contributed by atoms with van der Waals surface area (Å²) < 4.78 is 53.3. The van der Waals surface area contributed by atoms with Gasteiger partial charge in [0, 0.05) is 24.5 Å². The van der Waals surface area contributed by atoms with Crippen LogP contribution in [0, 0.1) is 13.8 Å². The molecule has 0 aromatic carbocycles. The van der Waals surface area contributed by atoms with E-state index in [1.54, 1.807) is 13.8 Å². The third kappa shape index (κ3) is 15.6. The van der Waals surface area contributed by atoms with Crippen LogP contribution in [0.4, 0.5) is 0 Å². The maximum absolute atomic E-state index is 10.5. The van der Waals surface area contributed by atoms with Crippen LogP contribution < -0.4 is 0 Å². The molecule has 15 heteroatoms. The number of aryl methyl sites for hydroxylation is 2. The predicted molar refractivity (Wildman–Crippen MR) is 84.3 cm³/mol. The fourth-order valence-corrected chi connectivity index (χ4v) is 1.28. The Kier molecular flexibility index (Phi) is 9.73. The summed E-state index contributed by atoms with van der Waals surface area (Å²) in [7, 11) is -2.13. The molecule has 0 aliphatic heterocycles. The van der Waals surface area contributed by atoms with Crippen molar-refractivity contribution in [1.29, 1.82) is 0 Å². The number of nitrogens with zero attached hydrogens (tertiary/aromatic N) is 4. The average molecular weight is 421 g/mol. The standard InChI is InChI=1S/C5H8N2O4S.C4H6N2O2.CH3ClO2S/c1-4-6-5(7-11-4)3-10-12(2,8)9;1-3-5-4(2-7)6-8-3;1-5(2,3)4/h3H2,1-2H3;7H,2H2,1H3;1H3. The molecule has 0 atom stereocenters. The van der Waals surface area contributed by atoms with Crippen LogP contribution in [0.25, 0.3) is 0 Å². The van der Waals surface area contributed by atoms with Crippen molar-refractivity contribution in [2.75, 3.05) is 12.5 Å². The number of hydrogen-bond acceptors (Lipinski definition) is 12. The van der Waals surface area contributed by atoms with Crippen molar-refractivity contribution in [1.82, 2.24) is 20.3 Å². The smallest absolute Gasteiger partial charge is 0.264 e. The van der Waals surface area contributed by atoms with E-state index in [9.17, 15) is 16.8 Å². The Morgan fingerprint density at radius 2 is 1.40 bits per heavy atom. The Morgan fingerprint density at radius 3 is 1.64 bits per heavy atom. The molecular formula is C10H17ClN4O8S2. The molecule has 144 valence electrons. The summed E-state index contributed by atoms with van der Waals surface area (Å²) in [4.78, 5) is 7.45. The lowest BCUT2D eigenvalue weighted by Gasteiger charge is -1.93. The number of aliphatic hydroxyl groups excluding tert-OH is 1. The normalized spacial score (nSPS) is 11.1. The summed E-state index contributed by atoms with van der Waals surface area (Å²) in [5.41, 5.74) is 0. The highest BCUT2D eigenvalue weighted by molar-refractivity contribution is 8.13. The molecule has 25 heavy (non-hydrogen) atoms. The molecule has 12 nitrogen and oxygen atoms in total. The fraction of sp³-hybridized carbons (Fsp3) is 0.600. The van der Waals surface area contributed by atoms with Crippen LogP contribution in [0.15, 0.2) is 9.05 Å². The molecule has 0 radical (unpaired) electrons. The van der Waals surface area contributed by atoms with Crippen LogP contribution in [0.3, 0.4) is 0 Å². The van der Waals surface area contributed by atoms with Gasteiger partial charge in [-0.25, -0.2) is 8.42 Å². The van der Waals surface area contributed by atoms with Gasteiger partial charge in [0.2, 0.25) is 20.8 Å². The van der Waals surface area contributed by atoms with Crippen molar-refractivity contribution in [3.05, 3.63) is 23.4 Å². The first kappa shape index (κ1) is 23.4. The third-order valence-corrected chi connectivity index (χ3v) is 2.23. The molecule has 0 bridgehead atoms. The van der Waals surface area contributed by atoms with Gasteiger partial charge in [-0.1, -0.05) is 10.3 Å². The molecule has 2 aromatic heterocycles. The summed E-state index contributed by atoms with van der Waals surface area (Å²) >= 11 is 0. The van der Waals surface area contributed by atoms with Crippen molar-refractivity contribution in [2.24, 2.45) is 0 Å². The van der Waals surface area contributed by atoms with Crippen molar-refractivity contribution in [3.8, 4) is 0 Å². The Balaban J connectivity index is 0.000000382. The van der Waals surface area contributed by atoms with E-state index in [4.69, 9.17) is 5.11 Å². The summed E-state index contributed by atoms with van der Waals surface area (Å²) in [5, 5.41) is 15.2. The van der Waals surface area contributed by atoms with Crippen LogP contribution in [-0.2, 0) is 36.6 Å². The second-order valence-electron chi connectivity index (χ2n) is 4.27. The maximum Gasteiger partial charge on any atom is 0.264 e. The van der Waals surface area contributed by atoms with Gasteiger partial charge in [-0.05, 0) is 0 Å². The van der Waals surface area contributed by atoms with E-state index >= 15 is 0 Å². The molecule has 2 aromatic rings. The van der Waals surface area contributed by atoms with Gasteiger partial charge in [0.1, 0.15) is 13.2 Å². The maximum atomic E-state index is 10.5. The molecule has 1 N–H and O–H groups in total. The van der Waals surface area contributed by atoms with Gasteiger partial charge in [0.15, 0.2) is 11.6 Å². The van der Waals surface area contributed by atoms with Crippen molar-refractivity contribution >= 4 is 29.9 Å². The molecular weight excluding hydrogens is 404 g/mol. The molecule has 0 amide bonds. The van der Waals surface area contributed by atoms with E-state index in [0.29, 0.717) is 17.6 Å². The van der Waals surface area contributed by atoms with E-state index in [0.717, 1.165) is 12.5 Å². The number of rotatable bonds is 4. The number of aromatic nitrogens is 4. The minimum absolute atomic E-state index is 0.155. The largest absolute Gasteiger partial charge is 0.388 e. The molecule has 0 spiro atoms. The second kappa shape index (κ2) is 10.4. The first-order chi connectivity index (χ1) is 11.3. The minimum Gasteiger partial charge on any atom is -0.388 e. The molecule has 0 aliphatic rings. The average Bonchev–Trinajstić information content (AvgIpc) is 3.03. The van der Waals surface area contributed by atoms with Crippen LogP contribution in [0.2, 0.25) is 0 Å². The Hall–Kier alpha value is -1.61. The van der Waals surface area contributed by atoms with Crippen molar-refractivity contribution in [2.45, 2.75) is 27.1 Å². The zero-order valence-electron chi connectivity index (χ0n) is 13.7. The lowest BCUT2D eigenvalue weighted by atomic mass is 10.7. The lowest BCUT2D eigenvalue weighted by molar-refractivity contribution is 0.263. The van der Waals surface area contributed by atoms with Crippen LogP contribution in [-0.4, -0.2) is 54.7 Å². The zero-order chi connectivity index (χ0) is 19.7. The van der Waals surface area contributed by atoms with E-state index in [2.05, 4.69) is 44.2 Å². The number of hydrogen-bond donors (Lipinski definition) is 1. The van der Waals surface area contributed by atoms with E-state index in [1.165, 1.54) is 0 Å². The van der Waals surface area contributed by atoms with Crippen molar-refractivity contribution < 1.29 is 35.2 Å². The van der Waals surface area contributed by atoms with Gasteiger partial charge in [0.25, 0.3) is 10.1 Å². The van der Waals surface area contributed by atoms with Gasteiger partial charge < -0.3 is 14.2 Å². The van der Waals surface area contributed by atoms with Gasteiger partial charge >= 0.3 is 0 Å². The topological polar surface area (TPSA) is 176 Å². The quantitative estimate of drug-likeness (QED) is 0.514. The molecule has 2 heterocycles. The zero-order valence-corrected chi connectivity index (χ0v) is 16.1. The molecule has 0 fully saturated rings. The monoisotopic (exact) mass is 420 g/mol. The third-order valence-electron chi connectivity index (χ3n) is 1.68. The highest BCUT2D eigenvalue weighted by atomic mass is 35.7. The summed E-state index contributed by atoms with van der Waals surface area (Å²) in [6, 6.07) is 0. The van der Waals surface area contributed by atoms with Gasteiger partial charge in [0.05, 0.1) is 12.5 Å². The molecule has 2 rings (SSSR count). The summed E-state index contributed by atoms with van der Waals surface area (Å²) in [6.07, 6.45) is 1.88. The van der Waals surface area contributed by atoms with E-state index in [-0.39, 0.29) is 19.0 Å². The molecule has 0 saturated heterocycles. The van der Waals surface area contributed by atoms with Crippen LogP contribution >= 0.6 is 10.7 Å². The van der Waals surface area contributed by atoms with Gasteiger partial charge in [-0.3, -0.25) is 4.18 Å². The van der Waals surface area contributed by atoms with Gasteiger partial charge in [-0.15, -0.1) is 0 Å². The molecule has 0 unspecified atom stereocenters. The molecule has 0 saturated carbocycles. The van der Waals surface area contributed by atoms with Crippen LogP contribution in [0.1, 0.15) is 23.4 Å². The van der Waals surface area contributed by atoms with E-state index < -0.39 is 19.2 Å². The first-order valence-corrected chi connectivity index (χ1v) is 10.8. The highest BCUT2D eigenvalue weighted by Crippen LogP contribution is 1.99. The lowest BCUT2D eigenvalue weighted by Crippen LogP contribution is -2.03. The summed E-state index contributed by atoms with van der Waals surface area (Å²) in [5.74, 6) is 1.41. The fourth-order valence-electron chi connectivity index (χ4n) is 0.965. The first-order valence-electron chi connectivity index (χ1n) is 6.23. The number of halogens is 1. The SMILES string of the molecule is CS(=O)(=O)Cl.Cc1nc(CO)no1.Cc1nc(COS(C)(=O)=O)no1. The Labute approximate surface area is 148 Å².